The van der Waals surface area contributed by atoms with Crippen molar-refractivity contribution in [3.8, 4) is 0 Å². The van der Waals surface area contributed by atoms with E-state index in [2.05, 4.69) is 0 Å². The molecule has 5 nitrogen and oxygen atoms in total. The summed E-state index contributed by atoms with van der Waals surface area (Å²) in [6, 6.07) is 0. The van der Waals surface area contributed by atoms with Crippen LogP contribution in [0.4, 0.5) is 0 Å². The normalized spacial score (nSPS) is 58.4. The third kappa shape index (κ3) is 2.20. The molecule has 1 aliphatic heterocycles. The molecule has 0 aromatic carbocycles. The molecule has 0 aromatic heterocycles. The van der Waals surface area contributed by atoms with Gasteiger partial charge in [-0.05, 0) is 81.0 Å². The fraction of sp³-hybridized carbons (Fsp3) is 1.00. The molecule has 1 N–H and O–H groups in total. The minimum Gasteiger partial charge on any atom is -0.343 e. The molecule has 0 aromatic rings. The molecule has 0 radical (unpaired) electrons. The molecule has 25 heavy (non-hydrogen) atoms. The summed E-state index contributed by atoms with van der Waals surface area (Å²) in [5.74, 6) is 3.88. The molecule has 140 valence electrons. The number of fused-ring (bicyclic) bond motifs is 5. The van der Waals surface area contributed by atoms with Crippen LogP contribution >= 0.6 is 0 Å². The first-order valence-electron chi connectivity index (χ1n) is 10.2. The van der Waals surface area contributed by atoms with Crippen molar-refractivity contribution in [2.75, 3.05) is 5.75 Å². The zero-order valence-electron chi connectivity index (χ0n) is 14.5. The van der Waals surface area contributed by atoms with Gasteiger partial charge in [0.25, 0.3) is 10.1 Å². The Bertz CT molecular complexity index is 660. The van der Waals surface area contributed by atoms with E-state index in [0.717, 1.165) is 24.7 Å². The van der Waals surface area contributed by atoms with Crippen molar-refractivity contribution in [2.45, 2.75) is 69.4 Å². The maximum absolute atomic E-state index is 11.1. The van der Waals surface area contributed by atoms with Crippen LogP contribution < -0.4 is 0 Å². The Morgan fingerprint density at radius 3 is 2.16 bits per heavy atom. The summed E-state index contributed by atoms with van der Waals surface area (Å²) < 4.78 is 44.9. The van der Waals surface area contributed by atoms with Crippen LogP contribution in [-0.4, -0.2) is 36.7 Å². The lowest BCUT2D eigenvalue weighted by molar-refractivity contribution is -0.304. The van der Waals surface area contributed by atoms with Gasteiger partial charge in [-0.25, -0.2) is 0 Å². The first-order valence-corrected chi connectivity index (χ1v) is 11.8. The van der Waals surface area contributed by atoms with Gasteiger partial charge in [-0.15, -0.1) is 0 Å². The summed E-state index contributed by atoms with van der Waals surface area (Å²) in [5, 5.41) is 0. The van der Waals surface area contributed by atoms with Crippen molar-refractivity contribution in [3.63, 3.8) is 0 Å². The lowest BCUT2D eigenvalue weighted by atomic mass is 9.53. The smallest absolute Gasteiger partial charge is 0.264 e. The molecule has 6 aliphatic carbocycles. The average molecular weight is 368 g/mol. The SMILES string of the molecule is O=S(=O)(O)CCC1CC2CC1C1OC3(OC21)C1CC2CC(C1)CC3C2. The number of ether oxygens (including phenoxy) is 2. The molecular weight excluding hydrogens is 340 g/mol. The quantitative estimate of drug-likeness (QED) is 0.776. The lowest BCUT2D eigenvalue weighted by Crippen LogP contribution is -2.59. The van der Waals surface area contributed by atoms with E-state index in [0.29, 0.717) is 36.0 Å². The molecule has 1 spiro atoms. The molecule has 6 saturated carbocycles. The van der Waals surface area contributed by atoms with E-state index in [1.807, 2.05) is 0 Å². The van der Waals surface area contributed by atoms with Crippen molar-refractivity contribution in [1.29, 1.82) is 0 Å². The first kappa shape index (κ1) is 15.8. The molecule has 7 rings (SSSR count). The second kappa shape index (κ2) is 5.00. The minimum atomic E-state index is -3.86. The highest BCUT2D eigenvalue weighted by Gasteiger charge is 2.69. The minimum absolute atomic E-state index is 0.112. The van der Waals surface area contributed by atoms with Crippen molar-refractivity contribution in [2.24, 2.45) is 41.4 Å². The first-order chi connectivity index (χ1) is 11.9. The van der Waals surface area contributed by atoms with E-state index < -0.39 is 10.1 Å². The number of rotatable bonds is 3. The summed E-state index contributed by atoms with van der Waals surface area (Å²) in [6.45, 7) is 0. The van der Waals surface area contributed by atoms with Gasteiger partial charge in [-0.3, -0.25) is 4.55 Å². The van der Waals surface area contributed by atoms with Gasteiger partial charge >= 0.3 is 0 Å². The van der Waals surface area contributed by atoms with Gasteiger partial charge in [0.2, 0.25) is 0 Å². The van der Waals surface area contributed by atoms with Crippen molar-refractivity contribution in [3.05, 3.63) is 0 Å². The maximum atomic E-state index is 11.1. The van der Waals surface area contributed by atoms with Gasteiger partial charge in [0, 0.05) is 11.8 Å². The summed E-state index contributed by atoms with van der Waals surface area (Å²) in [6.07, 6.45) is 9.70. The fourth-order valence-electron chi connectivity index (χ4n) is 8.01. The molecule has 5 unspecified atom stereocenters. The summed E-state index contributed by atoms with van der Waals surface area (Å²) in [7, 11) is -3.86. The van der Waals surface area contributed by atoms with Crippen LogP contribution in [0, 0.1) is 41.4 Å². The monoisotopic (exact) mass is 368 g/mol. The van der Waals surface area contributed by atoms with Crippen LogP contribution in [0.1, 0.15) is 51.4 Å². The predicted molar refractivity (Wildman–Crippen MR) is 90.3 cm³/mol. The van der Waals surface area contributed by atoms with E-state index in [9.17, 15) is 8.42 Å². The van der Waals surface area contributed by atoms with Crippen molar-refractivity contribution in [1.82, 2.24) is 0 Å². The largest absolute Gasteiger partial charge is 0.343 e. The molecule has 6 heteroatoms. The molecule has 5 atom stereocenters. The van der Waals surface area contributed by atoms with E-state index in [-0.39, 0.29) is 23.7 Å². The van der Waals surface area contributed by atoms with Crippen LogP contribution in [-0.2, 0) is 19.6 Å². The summed E-state index contributed by atoms with van der Waals surface area (Å²) in [4.78, 5) is 0. The Hall–Kier alpha value is -0.170. The van der Waals surface area contributed by atoms with Gasteiger partial charge in [0.15, 0.2) is 5.79 Å². The molecule has 1 heterocycles. The third-order valence-corrected chi connectivity index (χ3v) is 9.41. The number of hydrogen-bond donors (Lipinski definition) is 1. The average Bonchev–Trinajstić information content (AvgIpc) is 3.19. The molecule has 1 saturated heterocycles. The van der Waals surface area contributed by atoms with E-state index in [1.54, 1.807) is 0 Å². The molecule has 0 amide bonds. The zero-order valence-corrected chi connectivity index (χ0v) is 15.4. The molecule has 7 fully saturated rings. The third-order valence-electron chi connectivity index (χ3n) is 8.66. The Labute approximate surface area is 149 Å². The van der Waals surface area contributed by atoms with Gasteiger partial charge in [0.1, 0.15) is 0 Å². The maximum Gasteiger partial charge on any atom is 0.264 e. The molecular formula is C19H28O5S. The summed E-state index contributed by atoms with van der Waals surface area (Å²) in [5.41, 5.74) is 0. The predicted octanol–water partition coefficient (Wildman–Crippen LogP) is 2.86. The topological polar surface area (TPSA) is 72.8 Å². The van der Waals surface area contributed by atoms with Crippen LogP contribution in [0.15, 0.2) is 0 Å². The lowest BCUT2D eigenvalue weighted by Gasteiger charge is -2.58. The Kier molecular flexibility index (Phi) is 3.17. The summed E-state index contributed by atoms with van der Waals surface area (Å²) >= 11 is 0. The molecule has 6 bridgehead atoms. The second-order valence-electron chi connectivity index (χ2n) is 9.92. The van der Waals surface area contributed by atoms with Crippen LogP contribution in [0.3, 0.4) is 0 Å². The molecule has 7 aliphatic rings. The highest BCUT2D eigenvalue weighted by molar-refractivity contribution is 7.85. The van der Waals surface area contributed by atoms with Gasteiger partial charge in [0.05, 0.1) is 18.0 Å². The van der Waals surface area contributed by atoms with E-state index >= 15 is 0 Å². The fourth-order valence-corrected chi connectivity index (χ4v) is 8.61. The van der Waals surface area contributed by atoms with E-state index in [1.165, 1.54) is 32.1 Å². The van der Waals surface area contributed by atoms with Crippen LogP contribution in [0.25, 0.3) is 0 Å². The highest BCUT2D eigenvalue weighted by atomic mass is 32.2. The van der Waals surface area contributed by atoms with Crippen LogP contribution in [0.5, 0.6) is 0 Å². The zero-order chi connectivity index (χ0) is 17.0. The van der Waals surface area contributed by atoms with Gasteiger partial charge in [-0.2, -0.15) is 8.42 Å². The van der Waals surface area contributed by atoms with Crippen molar-refractivity contribution < 1.29 is 22.4 Å². The van der Waals surface area contributed by atoms with Crippen molar-refractivity contribution >= 4 is 10.1 Å². The Balaban J connectivity index is 1.23. The standard InChI is InChI=1S/C19H28O5S/c20-25(21,22)2-1-12-8-13-9-16(12)18-17(13)23-19(24-18)14-4-10-3-11(6-14)7-15(19)5-10/h10-18H,1-9H2,(H,20,21,22). The highest BCUT2D eigenvalue weighted by Crippen LogP contribution is 2.66. The van der Waals surface area contributed by atoms with Gasteiger partial charge in [-0.1, -0.05) is 0 Å². The Morgan fingerprint density at radius 1 is 0.880 bits per heavy atom. The van der Waals surface area contributed by atoms with Crippen LogP contribution in [0.2, 0.25) is 0 Å². The Morgan fingerprint density at radius 2 is 1.52 bits per heavy atom. The number of hydrogen-bond acceptors (Lipinski definition) is 4. The second-order valence-corrected chi connectivity index (χ2v) is 11.5. The van der Waals surface area contributed by atoms with Gasteiger partial charge < -0.3 is 9.47 Å². The van der Waals surface area contributed by atoms with E-state index in [4.69, 9.17) is 14.0 Å².